The van der Waals surface area contributed by atoms with E-state index in [0.717, 1.165) is 30.7 Å². The first-order valence-corrected chi connectivity index (χ1v) is 6.80. The van der Waals surface area contributed by atoms with Crippen LogP contribution in [0.5, 0.6) is 0 Å². The Hall–Kier alpha value is 0.1000. The number of hydrogen-bond acceptors (Lipinski definition) is 3. The molecular weight excluding hydrogens is 268 g/mol. The zero-order valence-electron chi connectivity index (χ0n) is 10.2. The Morgan fingerprint density at radius 2 is 2.38 bits per heavy atom. The molecule has 16 heavy (non-hydrogen) atoms. The van der Waals surface area contributed by atoms with E-state index in [1.807, 2.05) is 0 Å². The molecule has 3 nitrogen and oxygen atoms in total. The lowest BCUT2D eigenvalue weighted by Crippen LogP contribution is -2.46. The molecule has 1 atom stereocenters. The van der Waals surface area contributed by atoms with Crippen LogP contribution in [0.4, 0.5) is 0 Å². The first kappa shape index (κ1) is 14.2. The zero-order valence-corrected chi connectivity index (χ0v) is 11.8. The lowest BCUT2D eigenvalue weighted by Gasteiger charge is -2.35. The zero-order chi connectivity index (χ0) is 11.8. The van der Waals surface area contributed by atoms with Crippen molar-refractivity contribution in [2.45, 2.75) is 25.3 Å². The summed E-state index contributed by atoms with van der Waals surface area (Å²) in [5.41, 5.74) is 0. The van der Waals surface area contributed by atoms with Gasteiger partial charge in [0.2, 0.25) is 0 Å². The third-order valence-electron chi connectivity index (χ3n) is 2.99. The average Bonchev–Trinajstić information content (AvgIpc) is 2.26. The molecule has 94 valence electrons. The van der Waals surface area contributed by atoms with Gasteiger partial charge in [-0.1, -0.05) is 28.9 Å². The largest absolute Gasteiger partial charge is 0.383 e. The van der Waals surface area contributed by atoms with Crippen molar-refractivity contribution < 1.29 is 4.74 Å². The smallest absolute Gasteiger partial charge is 0.0587 e. The van der Waals surface area contributed by atoms with Gasteiger partial charge in [-0.25, -0.2) is 0 Å². The molecule has 4 heteroatoms. The Morgan fingerprint density at radius 3 is 3.06 bits per heavy atom. The third-order valence-corrected chi connectivity index (χ3v) is 3.24. The first-order valence-electron chi connectivity index (χ1n) is 6.01. The molecule has 1 fully saturated rings. The number of rotatable bonds is 7. The van der Waals surface area contributed by atoms with Crippen molar-refractivity contribution in [2.75, 3.05) is 39.9 Å². The maximum Gasteiger partial charge on any atom is 0.0587 e. The number of piperidine rings is 1. The summed E-state index contributed by atoms with van der Waals surface area (Å²) < 4.78 is 6.10. The van der Waals surface area contributed by atoms with E-state index in [0.29, 0.717) is 6.04 Å². The summed E-state index contributed by atoms with van der Waals surface area (Å²) in [6.07, 6.45) is 3.96. The van der Waals surface area contributed by atoms with E-state index in [-0.39, 0.29) is 0 Å². The standard InChI is InChI=1S/C12H23BrN2O/c1-11(13)10-15-7-4-3-5-12(15)9-14-6-8-16-2/h12,14H,1,3-10H2,2H3. The van der Waals surface area contributed by atoms with Crippen molar-refractivity contribution in [1.29, 1.82) is 0 Å². The molecule has 1 N–H and O–H groups in total. The highest BCUT2D eigenvalue weighted by Gasteiger charge is 2.21. The monoisotopic (exact) mass is 290 g/mol. The number of hydrogen-bond donors (Lipinski definition) is 1. The van der Waals surface area contributed by atoms with Gasteiger partial charge in [-0.3, -0.25) is 4.90 Å². The molecule has 0 spiro atoms. The number of nitrogens with one attached hydrogen (secondary N) is 1. The Kier molecular flexibility index (Phi) is 7.28. The van der Waals surface area contributed by atoms with Crippen LogP contribution < -0.4 is 5.32 Å². The first-order chi connectivity index (χ1) is 7.74. The van der Waals surface area contributed by atoms with E-state index in [4.69, 9.17) is 4.74 Å². The highest BCUT2D eigenvalue weighted by molar-refractivity contribution is 9.11. The maximum absolute atomic E-state index is 5.02. The van der Waals surface area contributed by atoms with Crippen molar-refractivity contribution in [3.8, 4) is 0 Å². The third kappa shape index (κ3) is 5.43. The molecule has 1 aliphatic rings. The second-order valence-electron chi connectivity index (χ2n) is 4.33. The highest BCUT2D eigenvalue weighted by atomic mass is 79.9. The predicted octanol–water partition coefficient (Wildman–Crippen LogP) is 1.99. The van der Waals surface area contributed by atoms with E-state index in [1.54, 1.807) is 7.11 Å². The van der Waals surface area contributed by atoms with Gasteiger partial charge >= 0.3 is 0 Å². The minimum absolute atomic E-state index is 0.653. The van der Waals surface area contributed by atoms with Crippen molar-refractivity contribution in [1.82, 2.24) is 10.2 Å². The summed E-state index contributed by atoms with van der Waals surface area (Å²) in [5.74, 6) is 0. The quantitative estimate of drug-likeness (QED) is 0.726. The van der Waals surface area contributed by atoms with E-state index < -0.39 is 0 Å². The van der Waals surface area contributed by atoms with E-state index >= 15 is 0 Å². The Bertz CT molecular complexity index is 211. The minimum atomic E-state index is 0.653. The topological polar surface area (TPSA) is 24.5 Å². The molecule has 0 bridgehead atoms. The van der Waals surface area contributed by atoms with Crippen molar-refractivity contribution >= 4 is 15.9 Å². The Balaban J connectivity index is 2.26. The van der Waals surface area contributed by atoms with Crippen LogP contribution in [0.25, 0.3) is 0 Å². The van der Waals surface area contributed by atoms with Gasteiger partial charge in [0, 0.05) is 37.3 Å². The number of ether oxygens (including phenoxy) is 1. The Morgan fingerprint density at radius 1 is 1.56 bits per heavy atom. The van der Waals surface area contributed by atoms with Gasteiger partial charge in [0.05, 0.1) is 6.61 Å². The molecule has 0 amide bonds. The molecule has 0 aromatic rings. The molecule has 1 rings (SSSR count). The van der Waals surface area contributed by atoms with Gasteiger partial charge in [0.25, 0.3) is 0 Å². The molecule has 1 heterocycles. The molecular formula is C12H23BrN2O. The minimum Gasteiger partial charge on any atom is -0.383 e. The second-order valence-corrected chi connectivity index (χ2v) is 5.46. The predicted molar refractivity (Wildman–Crippen MR) is 72.0 cm³/mol. The van der Waals surface area contributed by atoms with Crippen molar-refractivity contribution in [3.63, 3.8) is 0 Å². The van der Waals surface area contributed by atoms with Gasteiger partial charge in [0.1, 0.15) is 0 Å². The number of methoxy groups -OCH3 is 1. The van der Waals surface area contributed by atoms with Gasteiger partial charge < -0.3 is 10.1 Å². The van der Waals surface area contributed by atoms with Crippen LogP contribution >= 0.6 is 15.9 Å². The van der Waals surface area contributed by atoms with Crippen LogP contribution in [-0.4, -0.2) is 50.8 Å². The van der Waals surface area contributed by atoms with Gasteiger partial charge in [0.15, 0.2) is 0 Å². The Labute approximate surface area is 107 Å². The fourth-order valence-corrected chi connectivity index (χ4v) is 2.48. The molecule has 0 aromatic carbocycles. The summed E-state index contributed by atoms with van der Waals surface area (Å²) in [7, 11) is 1.74. The van der Waals surface area contributed by atoms with Crippen molar-refractivity contribution in [3.05, 3.63) is 11.1 Å². The van der Waals surface area contributed by atoms with Gasteiger partial charge in [-0.15, -0.1) is 0 Å². The normalized spacial score (nSPS) is 22.2. The molecule has 1 unspecified atom stereocenters. The fraction of sp³-hybridized carbons (Fsp3) is 0.833. The molecule has 0 aromatic heterocycles. The molecule has 1 aliphatic heterocycles. The summed E-state index contributed by atoms with van der Waals surface area (Å²) in [6, 6.07) is 0.653. The molecule has 0 saturated carbocycles. The maximum atomic E-state index is 5.02. The highest BCUT2D eigenvalue weighted by Crippen LogP contribution is 2.18. The fourth-order valence-electron chi connectivity index (χ4n) is 2.16. The SMILES string of the molecule is C=C(Br)CN1CCCCC1CNCCOC. The lowest BCUT2D eigenvalue weighted by molar-refractivity contribution is 0.153. The number of nitrogens with zero attached hydrogens (tertiary/aromatic N) is 1. The van der Waals surface area contributed by atoms with Crippen LogP contribution in [-0.2, 0) is 4.74 Å². The van der Waals surface area contributed by atoms with Gasteiger partial charge in [-0.05, 0) is 19.4 Å². The molecule has 0 aliphatic carbocycles. The molecule has 0 radical (unpaired) electrons. The van der Waals surface area contributed by atoms with Crippen LogP contribution in [0.3, 0.4) is 0 Å². The number of likely N-dealkylation sites (tertiary alicyclic amines) is 1. The van der Waals surface area contributed by atoms with E-state index in [1.165, 1.54) is 25.8 Å². The average molecular weight is 291 g/mol. The molecule has 1 saturated heterocycles. The van der Waals surface area contributed by atoms with Crippen LogP contribution in [0.1, 0.15) is 19.3 Å². The number of halogens is 1. The van der Waals surface area contributed by atoms with Crippen LogP contribution in [0.15, 0.2) is 11.1 Å². The van der Waals surface area contributed by atoms with Crippen LogP contribution in [0.2, 0.25) is 0 Å². The summed E-state index contributed by atoms with van der Waals surface area (Å²) in [5, 5.41) is 3.45. The lowest BCUT2D eigenvalue weighted by atomic mass is 10.0. The van der Waals surface area contributed by atoms with Gasteiger partial charge in [-0.2, -0.15) is 0 Å². The van der Waals surface area contributed by atoms with E-state index in [2.05, 4.69) is 32.7 Å². The van der Waals surface area contributed by atoms with Crippen molar-refractivity contribution in [2.24, 2.45) is 0 Å². The second kappa shape index (κ2) is 8.23. The van der Waals surface area contributed by atoms with Crippen LogP contribution in [0, 0.1) is 0 Å². The van der Waals surface area contributed by atoms with E-state index in [9.17, 15) is 0 Å². The summed E-state index contributed by atoms with van der Waals surface area (Å²) >= 11 is 3.45. The summed E-state index contributed by atoms with van der Waals surface area (Å²) in [4.78, 5) is 2.51. The summed E-state index contributed by atoms with van der Waals surface area (Å²) in [6.45, 7) is 8.88.